The van der Waals surface area contributed by atoms with Crippen molar-refractivity contribution >= 4 is 10.0 Å². The highest BCUT2D eigenvalue weighted by Gasteiger charge is 2.27. The Morgan fingerprint density at radius 2 is 2.00 bits per heavy atom. The summed E-state index contributed by atoms with van der Waals surface area (Å²) >= 11 is 0. The van der Waals surface area contributed by atoms with Gasteiger partial charge in [-0.1, -0.05) is 0 Å². The third kappa shape index (κ3) is 3.25. The molecule has 2 rings (SSSR count). The van der Waals surface area contributed by atoms with Crippen molar-refractivity contribution in [2.24, 2.45) is 14.1 Å². The molecule has 1 aliphatic heterocycles. The molecular weight excluding hydrogens is 296 g/mol. The van der Waals surface area contributed by atoms with Crippen LogP contribution in [0.2, 0.25) is 0 Å². The fourth-order valence-electron chi connectivity index (χ4n) is 2.48. The van der Waals surface area contributed by atoms with Gasteiger partial charge in [0, 0.05) is 32.4 Å². The first-order valence-electron chi connectivity index (χ1n) is 6.74. The van der Waals surface area contributed by atoms with Crippen LogP contribution in [0.15, 0.2) is 20.7 Å². The van der Waals surface area contributed by atoms with Crippen molar-refractivity contribution in [3.63, 3.8) is 0 Å². The first kappa shape index (κ1) is 15.9. The second kappa shape index (κ2) is 5.74. The van der Waals surface area contributed by atoms with Crippen molar-refractivity contribution < 1.29 is 8.42 Å². The Balaban J connectivity index is 2.36. The molecule has 8 nitrogen and oxygen atoms in total. The minimum Gasteiger partial charge on any atom is -0.314 e. The van der Waals surface area contributed by atoms with Crippen molar-refractivity contribution in [3.05, 3.63) is 27.0 Å². The minimum atomic E-state index is -3.95. The van der Waals surface area contributed by atoms with Gasteiger partial charge in [-0.15, -0.1) is 0 Å². The molecule has 1 saturated heterocycles. The summed E-state index contributed by atoms with van der Waals surface area (Å²) in [4.78, 5) is 23.2. The average Bonchev–Trinajstić information content (AvgIpc) is 2.40. The topological polar surface area (TPSA) is 102 Å². The Bertz CT molecular complexity index is 750. The van der Waals surface area contributed by atoms with Crippen LogP contribution < -0.4 is 21.3 Å². The van der Waals surface area contributed by atoms with Crippen LogP contribution in [0.5, 0.6) is 0 Å². The fraction of sp³-hybridized carbons (Fsp3) is 0.667. The highest BCUT2D eigenvalue weighted by molar-refractivity contribution is 7.89. The summed E-state index contributed by atoms with van der Waals surface area (Å²) in [5.74, 6) is 0. The van der Waals surface area contributed by atoms with E-state index in [0.29, 0.717) is 12.8 Å². The van der Waals surface area contributed by atoms with E-state index in [9.17, 15) is 18.0 Å². The molecule has 1 aromatic rings. The normalized spacial score (nSPS) is 23.2. The lowest BCUT2D eigenvalue weighted by Crippen LogP contribution is -2.48. The van der Waals surface area contributed by atoms with Gasteiger partial charge in [0.25, 0.3) is 5.56 Å². The van der Waals surface area contributed by atoms with Crippen LogP contribution in [0.4, 0.5) is 0 Å². The lowest BCUT2D eigenvalue weighted by Gasteiger charge is -2.28. The molecule has 118 valence electrons. The largest absolute Gasteiger partial charge is 0.330 e. The Kier molecular flexibility index (Phi) is 4.35. The Hall–Kier alpha value is -1.45. The Morgan fingerprint density at radius 3 is 2.62 bits per heavy atom. The number of sulfonamides is 1. The van der Waals surface area contributed by atoms with Crippen LogP contribution >= 0.6 is 0 Å². The third-order valence-electron chi connectivity index (χ3n) is 3.65. The molecule has 0 aromatic carbocycles. The van der Waals surface area contributed by atoms with Crippen molar-refractivity contribution in [2.45, 2.75) is 36.7 Å². The summed E-state index contributed by atoms with van der Waals surface area (Å²) in [6.07, 6.45) is 2.39. The number of nitrogens with zero attached hydrogens (tertiary/aromatic N) is 2. The quantitative estimate of drug-likeness (QED) is 0.707. The van der Waals surface area contributed by atoms with Gasteiger partial charge in [-0.05, 0) is 26.3 Å². The number of rotatable bonds is 3. The van der Waals surface area contributed by atoms with E-state index < -0.39 is 26.2 Å². The van der Waals surface area contributed by atoms with Gasteiger partial charge < -0.3 is 9.88 Å². The number of hydrogen-bond donors (Lipinski definition) is 2. The zero-order valence-corrected chi connectivity index (χ0v) is 13.1. The maximum absolute atomic E-state index is 12.4. The summed E-state index contributed by atoms with van der Waals surface area (Å²) in [7, 11) is -1.28. The number of nitrogens with one attached hydrogen (secondary N) is 2. The first-order chi connectivity index (χ1) is 9.72. The molecule has 2 unspecified atom stereocenters. The van der Waals surface area contributed by atoms with E-state index in [0.717, 1.165) is 21.9 Å². The maximum Gasteiger partial charge on any atom is 0.330 e. The minimum absolute atomic E-state index is 0.215. The molecule has 0 spiro atoms. The molecule has 2 heterocycles. The standard InChI is InChI=1S/C12H20N4O4S/c1-8-6-9(4-5-13-8)14-21(19,20)10-7-15(2)12(18)16(3)11(10)17/h7-9,13-14H,4-6H2,1-3H3. The lowest BCUT2D eigenvalue weighted by molar-refractivity contribution is 0.361. The average molecular weight is 316 g/mol. The van der Waals surface area contributed by atoms with Crippen LogP contribution in [0.25, 0.3) is 0 Å². The number of aryl methyl sites for hydroxylation is 1. The van der Waals surface area contributed by atoms with Crippen LogP contribution in [0, 0.1) is 0 Å². The van der Waals surface area contributed by atoms with Gasteiger partial charge in [0.05, 0.1) is 0 Å². The van der Waals surface area contributed by atoms with Crippen molar-refractivity contribution in [2.75, 3.05) is 6.54 Å². The molecule has 1 aromatic heterocycles. The van der Waals surface area contributed by atoms with E-state index >= 15 is 0 Å². The highest BCUT2D eigenvalue weighted by atomic mass is 32.2. The molecule has 0 radical (unpaired) electrons. The molecule has 2 N–H and O–H groups in total. The Labute approximate surface area is 122 Å². The SMILES string of the molecule is CC1CC(NS(=O)(=O)c2cn(C)c(=O)n(C)c2=O)CCN1. The van der Waals surface area contributed by atoms with E-state index in [-0.39, 0.29) is 12.1 Å². The summed E-state index contributed by atoms with van der Waals surface area (Å²) < 4.78 is 29.2. The Morgan fingerprint density at radius 1 is 1.33 bits per heavy atom. The van der Waals surface area contributed by atoms with E-state index in [2.05, 4.69) is 10.0 Å². The third-order valence-corrected chi connectivity index (χ3v) is 5.15. The number of aromatic nitrogens is 2. The lowest BCUT2D eigenvalue weighted by atomic mass is 10.0. The van der Waals surface area contributed by atoms with E-state index in [4.69, 9.17) is 0 Å². The van der Waals surface area contributed by atoms with Gasteiger partial charge in [0.15, 0.2) is 4.90 Å². The molecule has 0 aliphatic carbocycles. The van der Waals surface area contributed by atoms with E-state index in [1.807, 2.05) is 6.92 Å². The van der Waals surface area contributed by atoms with Gasteiger partial charge >= 0.3 is 5.69 Å². The summed E-state index contributed by atoms with van der Waals surface area (Å²) in [6.45, 7) is 2.70. The molecule has 9 heteroatoms. The predicted molar refractivity (Wildman–Crippen MR) is 77.7 cm³/mol. The molecule has 0 amide bonds. The molecule has 21 heavy (non-hydrogen) atoms. The van der Waals surface area contributed by atoms with E-state index in [1.165, 1.54) is 14.1 Å². The zero-order chi connectivity index (χ0) is 15.8. The molecule has 0 saturated carbocycles. The van der Waals surface area contributed by atoms with Crippen LogP contribution in [0.1, 0.15) is 19.8 Å². The molecule has 2 atom stereocenters. The highest BCUT2D eigenvalue weighted by Crippen LogP contribution is 2.11. The second-order valence-electron chi connectivity index (χ2n) is 5.45. The van der Waals surface area contributed by atoms with Crippen molar-refractivity contribution in [1.82, 2.24) is 19.2 Å². The maximum atomic E-state index is 12.4. The smallest absolute Gasteiger partial charge is 0.314 e. The van der Waals surface area contributed by atoms with Crippen molar-refractivity contribution in [1.29, 1.82) is 0 Å². The molecule has 0 bridgehead atoms. The predicted octanol–water partition coefficient (Wildman–Crippen LogP) is -1.50. The van der Waals surface area contributed by atoms with Gasteiger partial charge in [0.1, 0.15) is 0 Å². The molecular formula is C12H20N4O4S. The van der Waals surface area contributed by atoms with Gasteiger partial charge in [-0.3, -0.25) is 9.36 Å². The van der Waals surface area contributed by atoms with Gasteiger partial charge in [0.2, 0.25) is 10.0 Å². The molecule has 1 aliphatic rings. The second-order valence-corrected chi connectivity index (χ2v) is 7.13. The fourth-order valence-corrected chi connectivity index (χ4v) is 3.92. The van der Waals surface area contributed by atoms with Gasteiger partial charge in [-0.25, -0.2) is 17.9 Å². The van der Waals surface area contributed by atoms with Gasteiger partial charge in [-0.2, -0.15) is 0 Å². The first-order valence-corrected chi connectivity index (χ1v) is 8.23. The summed E-state index contributed by atoms with van der Waals surface area (Å²) in [5, 5.41) is 3.23. The van der Waals surface area contributed by atoms with Crippen molar-refractivity contribution in [3.8, 4) is 0 Å². The van der Waals surface area contributed by atoms with E-state index in [1.54, 1.807) is 0 Å². The monoisotopic (exact) mass is 316 g/mol. The summed E-state index contributed by atoms with van der Waals surface area (Å²) in [6, 6.07) is 0.00241. The van der Waals surface area contributed by atoms with Crippen LogP contribution in [-0.2, 0) is 24.1 Å². The number of piperidine rings is 1. The van der Waals surface area contributed by atoms with Crippen LogP contribution in [0.3, 0.4) is 0 Å². The van der Waals surface area contributed by atoms with Crippen LogP contribution in [-0.4, -0.2) is 36.2 Å². The summed E-state index contributed by atoms with van der Waals surface area (Å²) in [5.41, 5.74) is -1.37. The molecule has 1 fully saturated rings. The zero-order valence-electron chi connectivity index (χ0n) is 12.3. The number of hydrogen-bond acceptors (Lipinski definition) is 5.